The summed E-state index contributed by atoms with van der Waals surface area (Å²) >= 11 is 6.34. The standard InChI is InChI=1S/C25H20ClN7O3/c1-12-3-2-4-15-20(34)7-19-23(22(12)15)14(8-26)11-33(19)25(36)16-5-13-6-21(27-9-17(13)29-16)30-24(35)18-10-28-32-31-18/h2-7,9-10,14,29,34H,8,11H2,1H3,(H,27,30,35)(H,28,31,32)/t14-/m1/s1. The summed E-state index contributed by atoms with van der Waals surface area (Å²) in [5.74, 6) is 0.00386. The van der Waals surface area contributed by atoms with Crippen molar-refractivity contribution in [2.24, 2.45) is 0 Å². The molecule has 6 rings (SSSR count). The minimum Gasteiger partial charge on any atom is -0.507 e. The molecule has 0 spiro atoms. The van der Waals surface area contributed by atoms with Gasteiger partial charge in [-0.3, -0.25) is 14.7 Å². The number of carbonyl (C=O) groups is 2. The number of pyridine rings is 1. The number of aromatic nitrogens is 5. The number of aromatic amines is 2. The number of hydrogen-bond acceptors (Lipinski definition) is 6. The van der Waals surface area contributed by atoms with Crippen molar-refractivity contribution in [3.8, 4) is 5.75 Å². The third-order valence-corrected chi connectivity index (χ3v) is 6.90. The Bertz CT molecular complexity index is 1660. The highest BCUT2D eigenvalue weighted by molar-refractivity contribution is 6.19. The maximum atomic E-state index is 13.7. The first-order valence-electron chi connectivity index (χ1n) is 11.2. The van der Waals surface area contributed by atoms with Crippen LogP contribution < -0.4 is 10.2 Å². The molecule has 3 aromatic heterocycles. The first kappa shape index (κ1) is 22.1. The van der Waals surface area contributed by atoms with Gasteiger partial charge in [-0.15, -0.1) is 16.7 Å². The van der Waals surface area contributed by atoms with Gasteiger partial charge in [0, 0.05) is 35.2 Å². The quantitative estimate of drug-likeness (QED) is 0.273. The van der Waals surface area contributed by atoms with E-state index >= 15 is 0 Å². The number of rotatable bonds is 4. The van der Waals surface area contributed by atoms with Crippen LogP contribution in [0.15, 0.2) is 48.8 Å². The first-order valence-corrected chi connectivity index (χ1v) is 11.8. The van der Waals surface area contributed by atoms with Crippen molar-refractivity contribution in [1.29, 1.82) is 0 Å². The van der Waals surface area contributed by atoms with Gasteiger partial charge >= 0.3 is 0 Å². The lowest BCUT2D eigenvalue weighted by Crippen LogP contribution is -2.30. The van der Waals surface area contributed by atoms with Crippen LogP contribution in [0.5, 0.6) is 5.75 Å². The Balaban J connectivity index is 1.36. The average molecular weight is 502 g/mol. The van der Waals surface area contributed by atoms with E-state index in [1.807, 2.05) is 25.1 Å². The van der Waals surface area contributed by atoms with E-state index in [1.54, 1.807) is 29.3 Å². The molecule has 0 unspecified atom stereocenters. The van der Waals surface area contributed by atoms with Crippen molar-refractivity contribution in [3.05, 3.63) is 71.3 Å². The van der Waals surface area contributed by atoms with E-state index in [1.165, 1.54) is 6.20 Å². The Morgan fingerprint density at radius 3 is 2.92 bits per heavy atom. The van der Waals surface area contributed by atoms with Crippen LogP contribution in [-0.2, 0) is 0 Å². The van der Waals surface area contributed by atoms with Crippen LogP contribution in [0.25, 0.3) is 21.7 Å². The monoisotopic (exact) mass is 501 g/mol. The smallest absolute Gasteiger partial charge is 0.278 e. The van der Waals surface area contributed by atoms with Crippen molar-refractivity contribution in [3.63, 3.8) is 0 Å². The number of aromatic hydroxyl groups is 1. The molecule has 0 saturated carbocycles. The zero-order chi connectivity index (χ0) is 25.0. The molecule has 0 aliphatic carbocycles. The molecule has 0 fully saturated rings. The van der Waals surface area contributed by atoms with Gasteiger partial charge in [0.1, 0.15) is 17.3 Å². The number of amides is 2. The second-order valence-electron chi connectivity index (χ2n) is 8.75. The first-order chi connectivity index (χ1) is 17.4. The largest absolute Gasteiger partial charge is 0.507 e. The van der Waals surface area contributed by atoms with Gasteiger partial charge in [-0.05, 0) is 35.6 Å². The van der Waals surface area contributed by atoms with E-state index in [-0.39, 0.29) is 23.3 Å². The Kier molecular flexibility index (Phi) is 5.11. The van der Waals surface area contributed by atoms with E-state index in [0.29, 0.717) is 40.5 Å². The Labute approximate surface area is 209 Å². The molecule has 1 atom stereocenters. The molecule has 4 heterocycles. The Hall–Kier alpha value is -4.44. The maximum absolute atomic E-state index is 13.7. The fraction of sp³-hybridized carbons (Fsp3) is 0.160. The van der Waals surface area contributed by atoms with Crippen molar-refractivity contribution in [2.75, 3.05) is 22.6 Å². The minimum atomic E-state index is -0.453. The molecule has 10 nitrogen and oxygen atoms in total. The number of halogens is 1. The van der Waals surface area contributed by atoms with Gasteiger partial charge in [0.2, 0.25) is 0 Å². The molecule has 2 amide bonds. The molecule has 0 bridgehead atoms. The number of hydrogen-bond donors (Lipinski definition) is 4. The topological polar surface area (TPSA) is 140 Å². The predicted octanol–water partition coefficient (Wildman–Crippen LogP) is 4.08. The van der Waals surface area contributed by atoms with Crippen molar-refractivity contribution in [1.82, 2.24) is 25.4 Å². The van der Waals surface area contributed by atoms with E-state index in [0.717, 1.165) is 21.9 Å². The number of carbonyl (C=O) groups excluding carboxylic acids is 2. The second kappa shape index (κ2) is 8.35. The summed E-state index contributed by atoms with van der Waals surface area (Å²) in [7, 11) is 0. The van der Waals surface area contributed by atoms with Crippen LogP contribution in [0.2, 0.25) is 0 Å². The number of H-pyrrole nitrogens is 2. The fourth-order valence-electron chi connectivity index (χ4n) is 4.87. The van der Waals surface area contributed by atoms with Crippen LogP contribution >= 0.6 is 11.6 Å². The molecule has 0 radical (unpaired) electrons. The third-order valence-electron chi connectivity index (χ3n) is 6.53. The van der Waals surface area contributed by atoms with Crippen molar-refractivity contribution >= 4 is 56.6 Å². The summed E-state index contributed by atoms with van der Waals surface area (Å²) in [4.78, 5) is 34.9. The number of phenolic OH excluding ortho intramolecular Hbond substituents is 1. The zero-order valence-electron chi connectivity index (χ0n) is 19.0. The van der Waals surface area contributed by atoms with E-state index < -0.39 is 5.91 Å². The highest BCUT2D eigenvalue weighted by Crippen LogP contribution is 2.46. The zero-order valence-corrected chi connectivity index (χ0v) is 19.8. The fourth-order valence-corrected chi connectivity index (χ4v) is 5.12. The summed E-state index contributed by atoms with van der Waals surface area (Å²) in [6, 6.07) is 10.8. The van der Waals surface area contributed by atoms with Gasteiger partial charge < -0.3 is 20.3 Å². The van der Waals surface area contributed by atoms with Crippen LogP contribution in [0, 0.1) is 6.92 Å². The van der Waals surface area contributed by atoms with Crippen molar-refractivity contribution < 1.29 is 14.7 Å². The molecule has 180 valence electrons. The SMILES string of the molecule is Cc1cccc2c(O)cc3c(c12)[C@H](CCl)CN3C(=O)c1cc2cc(NC(=O)c3c[nH]nn3)ncc2[nH]1. The van der Waals surface area contributed by atoms with Crippen LogP contribution in [-0.4, -0.2) is 54.7 Å². The predicted molar refractivity (Wildman–Crippen MR) is 136 cm³/mol. The van der Waals surface area contributed by atoms with Crippen LogP contribution in [0.3, 0.4) is 0 Å². The van der Waals surface area contributed by atoms with Gasteiger partial charge in [-0.25, -0.2) is 4.98 Å². The highest BCUT2D eigenvalue weighted by Gasteiger charge is 2.35. The molecule has 5 aromatic rings. The number of benzene rings is 2. The maximum Gasteiger partial charge on any atom is 0.278 e. The summed E-state index contributed by atoms with van der Waals surface area (Å²) in [5, 5.41) is 25.5. The number of nitrogens with one attached hydrogen (secondary N) is 3. The summed E-state index contributed by atoms with van der Waals surface area (Å²) < 4.78 is 0. The Morgan fingerprint density at radius 1 is 1.28 bits per heavy atom. The molecule has 4 N–H and O–H groups in total. The van der Waals surface area contributed by atoms with E-state index in [2.05, 4.69) is 30.7 Å². The lowest BCUT2D eigenvalue weighted by atomic mass is 9.92. The molecular formula is C25H20ClN7O3. The number of nitrogens with zero attached hydrogens (tertiary/aromatic N) is 4. The van der Waals surface area contributed by atoms with Gasteiger partial charge in [0.15, 0.2) is 5.69 Å². The molecule has 11 heteroatoms. The molecule has 36 heavy (non-hydrogen) atoms. The molecule has 1 aliphatic rings. The lowest BCUT2D eigenvalue weighted by Gasteiger charge is -2.18. The van der Waals surface area contributed by atoms with E-state index in [9.17, 15) is 14.7 Å². The summed E-state index contributed by atoms with van der Waals surface area (Å²) in [5.41, 5.74) is 3.78. The van der Waals surface area contributed by atoms with Crippen LogP contribution in [0.1, 0.15) is 38.0 Å². The van der Waals surface area contributed by atoms with Crippen LogP contribution in [0.4, 0.5) is 11.5 Å². The normalized spacial score (nSPS) is 14.9. The average Bonchev–Trinajstić information content (AvgIpc) is 3.62. The van der Waals surface area contributed by atoms with Gasteiger partial charge in [-0.2, -0.15) is 0 Å². The number of fused-ring (bicyclic) bond motifs is 4. The highest BCUT2D eigenvalue weighted by atomic mass is 35.5. The molecule has 1 aliphatic heterocycles. The molecular weight excluding hydrogens is 482 g/mol. The Morgan fingerprint density at radius 2 is 2.14 bits per heavy atom. The second-order valence-corrected chi connectivity index (χ2v) is 9.05. The third kappa shape index (κ3) is 3.45. The number of alkyl halides is 1. The summed E-state index contributed by atoms with van der Waals surface area (Å²) in [6.45, 7) is 2.39. The van der Waals surface area contributed by atoms with Gasteiger partial charge in [0.25, 0.3) is 11.8 Å². The lowest BCUT2D eigenvalue weighted by molar-refractivity contribution is 0.0982. The van der Waals surface area contributed by atoms with Gasteiger partial charge in [0.05, 0.1) is 23.6 Å². The number of aryl methyl sites for hydroxylation is 1. The molecule has 2 aromatic carbocycles. The van der Waals surface area contributed by atoms with E-state index in [4.69, 9.17) is 11.6 Å². The molecule has 0 saturated heterocycles. The van der Waals surface area contributed by atoms with Gasteiger partial charge in [-0.1, -0.05) is 23.4 Å². The minimum absolute atomic E-state index is 0.0702. The van der Waals surface area contributed by atoms with Crippen molar-refractivity contribution in [2.45, 2.75) is 12.8 Å². The number of phenols is 1. The number of anilines is 2. The summed E-state index contributed by atoms with van der Waals surface area (Å²) in [6.07, 6.45) is 2.93.